The number of ether oxygens (including phenoxy) is 3. The molecule has 0 bridgehead atoms. The second-order valence-electron chi connectivity index (χ2n) is 6.50. The number of hydrogen-bond acceptors (Lipinski definition) is 7. The monoisotopic (exact) mass is 481 g/mol. The van der Waals surface area contributed by atoms with Crippen LogP contribution in [0.3, 0.4) is 0 Å². The van der Waals surface area contributed by atoms with Gasteiger partial charge in [0.1, 0.15) is 17.2 Å². The summed E-state index contributed by atoms with van der Waals surface area (Å²) in [5.41, 5.74) is 1.01. The first-order valence-corrected chi connectivity index (χ1v) is 10.2. The minimum atomic E-state index is -4.79. The Kier molecular flexibility index (Phi) is 7.38. The molecule has 2 aromatic carbocycles. The summed E-state index contributed by atoms with van der Waals surface area (Å²) < 4.78 is 50.7. The highest BCUT2D eigenvalue weighted by atomic mass is 32.1. The van der Waals surface area contributed by atoms with Gasteiger partial charge in [-0.1, -0.05) is 0 Å². The lowest BCUT2D eigenvalue weighted by Crippen LogP contribution is -2.17. The number of nitrogens with zero attached hydrogens (tertiary/aromatic N) is 1. The molecule has 2 N–H and O–H groups in total. The Hall–Kier alpha value is -3.80. The normalized spacial score (nSPS) is 10.9. The van der Waals surface area contributed by atoms with E-state index >= 15 is 0 Å². The van der Waals surface area contributed by atoms with Crippen molar-refractivity contribution in [3.63, 3.8) is 0 Å². The second kappa shape index (κ2) is 10.2. The van der Waals surface area contributed by atoms with Crippen LogP contribution in [-0.4, -0.2) is 37.4 Å². The number of alkyl halides is 3. The minimum Gasteiger partial charge on any atom is -0.497 e. The number of benzene rings is 2. The van der Waals surface area contributed by atoms with Gasteiger partial charge in [0.2, 0.25) is 5.91 Å². The molecule has 0 spiro atoms. The Morgan fingerprint density at radius 3 is 2.18 bits per heavy atom. The molecule has 0 aliphatic carbocycles. The van der Waals surface area contributed by atoms with E-state index in [1.54, 1.807) is 23.6 Å². The van der Waals surface area contributed by atoms with Crippen LogP contribution in [0.2, 0.25) is 0 Å². The number of thiazole rings is 1. The fraction of sp³-hybridized carbons (Fsp3) is 0.190. The van der Waals surface area contributed by atoms with Crippen LogP contribution in [0, 0.1) is 0 Å². The molecule has 0 aliphatic heterocycles. The molecule has 3 rings (SSSR count). The topological polar surface area (TPSA) is 98.8 Å². The van der Waals surface area contributed by atoms with Crippen LogP contribution in [0.15, 0.2) is 47.8 Å². The SMILES string of the molecule is COc1cc(OC)cc(C(=O)Nc2nc(CC(=O)Nc3ccc(OC(F)(F)F)cc3)cs2)c1. The molecule has 3 aromatic rings. The maximum Gasteiger partial charge on any atom is 0.573 e. The van der Waals surface area contributed by atoms with Gasteiger partial charge in [0.25, 0.3) is 5.91 Å². The van der Waals surface area contributed by atoms with Gasteiger partial charge in [-0.15, -0.1) is 24.5 Å². The Morgan fingerprint density at radius 2 is 1.61 bits per heavy atom. The Morgan fingerprint density at radius 1 is 0.970 bits per heavy atom. The quantitative estimate of drug-likeness (QED) is 0.492. The van der Waals surface area contributed by atoms with Gasteiger partial charge in [0.05, 0.1) is 26.3 Å². The van der Waals surface area contributed by atoms with Gasteiger partial charge in [0.15, 0.2) is 5.13 Å². The zero-order valence-electron chi connectivity index (χ0n) is 17.4. The van der Waals surface area contributed by atoms with E-state index in [4.69, 9.17) is 9.47 Å². The number of halogens is 3. The summed E-state index contributed by atoms with van der Waals surface area (Å²) >= 11 is 1.14. The minimum absolute atomic E-state index is 0.0971. The number of carbonyl (C=O) groups excluding carboxylic acids is 2. The number of aromatic nitrogens is 1. The molecule has 12 heteroatoms. The Labute approximate surface area is 190 Å². The number of anilines is 2. The summed E-state index contributed by atoms with van der Waals surface area (Å²) in [6.45, 7) is 0. The second-order valence-corrected chi connectivity index (χ2v) is 7.35. The fourth-order valence-electron chi connectivity index (χ4n) is 2.66. The summed E-state index contributed by atoms with van der Waals surface area (Å²) in [6, 6.07) is 9.48. The molecule has 2 amide bonds. The summed E-state index contributed by atoms with van der Waals surface area (Å²) in [4.78, 5) is 29.0. The summed E-state index contributed by atoms with van der Waals surface area (Å²) in [7, 11) is 2.94. The standard InChI is InChI=1S/C21H18F3N3O5S/c1-30-16-7-12(8-17(10-16)31-2)19(29)27-20-26-14(11-33-20)9-18(28)25-13-3-5-15(6-4-13)32-21(22,23)24/h3-8,10-11H,9H2,1-2H3,(H,25,28)(H,26,27,29). The molecule has 1 heterocycles. The maximum absolute atomic E-state index is 12.5. The van der Waals surface area contributed by atoms with Crippen LogP contribution in [0.1, 0.15) is 16.1 Å². The van der Waals surface area contributed by atoms with Crippen molar-refractivity contribution in [3.8, 4) is 17.2 Å². The molecule has 8 nitrogen and oxygen atoms in total. The average molecular weight is 481 g/mol. The van der Waals surface area contributed by atoms with Crippen molar-refractivity contribution >= 4 is 34.0 Å². The third-order valence-corrected chi connectivity index (χ3v) is 4.91. The molecule has 0 aliphatic rings. The average Bonchev–Trinajstić information content (AvgIpc) is 3.20. The van der Waals surface area contributed by atoms with Gasteiger partial charge in [-0.3, -0.25) is 14.9 Å². The largest absolute Gasteiger partial charge is 0.573 e. The highest BCUT2D eigenvalue weighted by Gasteiger charge is 2.31. The third kappa shape index (κ3) is 7.10. The van der Waals surface area contributed by atoms with Crippen molar-refractivity contribution < 1.29 is 37.0 Å². The van der Waals surface area contributed by atoms with E-state index in [0.717, 1.165) is 23.5 Å². The van der Waals surface area contributed by atoms with E-state index in [0.29, 0.717) is 33.6 Å². The van der Waals surface area contributed by atoms with Gasteiger partial charge < -0.3 is 19.5 Å². The third-order valence-electron chi connectivity index (χ3n) is 4.10. The number of amides is 2. The van der Waals surface area contributed by atoms with E-state index in [9.17, 15) is 22.8 Å². The summed E-state index contributed by atoms with van der Waals surface area (Å²) in [6.07, 6.45) is -4.89. The van der Waals surface area contributed by atoms with Gasteiger partial charge in [-0.05, 0) is 36.4 Å². The molecule has 0 unspecified atom stereocenters. The van der Waals surface area contributed by atoms with Crippen LogP contribution in [-0.2, 0) is 11.2 Å². The Bertz CT molecular complexity index is 1110. The van der Waals surface area contributed by atoms with Gasteiger partial charge in [-0.25, -0.2) is 4.98 Å². The first-order valence-electron chi connectivity index (χ1n) is 9.29. The van der Waals surface area contributed by atoms with Crippen LogP contribution >= 0.6 is 11.3 Å². The molecule has 0 saturated heterocycles. The van der Waals surface area contributed by atoms with E-state index in [-0.39, 0.29) is 6.42 Å². The molecule has 0 saturated carbocycles. The van der Waals surface area contributed by atoms with E-state index in [1.807, 2.05) is 0 Å². The molecule has 0 radical (unpaired) electrons. The Balaban J connectivity index is 1.57. The zero-order chi connectivity index (χ0) is 24.0. The first-order chi connectivity index (χ1) is 15.6. The van der Waals surface area contributed by atoms with E-state index in [2.05, 4.69) is 20.4 Å². The van der Waals surface area contributed by atoms with Crippen LogP contribution in [0.5, 0.6) is 17.2 Å². The number of methoxy groups -OCH3 is 2. The molecule has 1 aromatic heterocycles. The highest BCUT2D eigenvalue weighted by Crippen LogP contribution is 2.25. The molecule has 0 fully saturated rings. The van der Waals surface area contributed by atoms with Crippen molar-refractivity contribution in [2.75, 3.05) is 24.9 Å². The number of hydrogen-bond donors (Lipinski definition) is 2. The summed E-state index contributed by atoms with van der Waals surface area (Å²) in [5.74, 6) is -0.351. The maximum atomic E-state index is 12.5. The van der Waals surface area contributed by atoms with Crippen molar-refractivity contribution in [1.82, 2.24) is 4.98 Å². The van der Waals surface area contributed by atoms with Crippen molar-refractivity contribution in [2.45, 2.75) is 12.8 Å². The number of nitrogens with one attached hydrogen (secondary N) is 2. The fourth-order valence-corrected chi connectivity index (χ4v) is 3.37. The van der Waals surface area contributed by atoms with Crippen LogP contribution in [0.4, 0.5) is 24.0 Å². The molecule has 0 atom stereocenters. The van der Waals surface area contributed by atoms with Crippen molar-refractivity contribution in [3.05, 3.63) is 59.1 Å². The van der Waals surface area contributed by atoms with E-state index in [1.165, 1.54) is 26.4 Å². The lowest BCUT2D eigenvalue weighted by Gasteiger charge is -2.09. The highest BCUT2D eigenvalue weighted by molar-refractivity contribution is 7.14. The first kappa shape index (κ1) is 23.9. The molecule has 33 heavy (non-hydrogen) atoms. The predicted octanol–water partition coefficient (Wildman–Crippen LogP) is 4.49. The lowest BCUT2D eigenvalue weighted by atomic mass is 10.2. The van der Waals surface area contributed by atoms with Crippen LogP contribution in [0.25, 0.3) is 0 Å². The lowest BCUT2D eigenvalue weighted by molar-refractivity contribution is -0.274. The van der Waals surface area contributed by atoms with Crippen molar-refractivity contribution in [2.24, 2.45) is 0 Å². The molecule has 174 valence electrons. The molecular weight excluding hydrogens is 463 g/mol. The smallest absolute Gasteiger partial charge is 0.497 e. The van der Waals surface area contributed by atoms with Gasteiger partial charge in [0, 0.05) is 22.7 Å². The predicted molar refractivity (Wildman–Crippen MR) is 115 cm³/mol. The number of rotatable bonds is 8. The molecular formula is C21H18F3N3O5S. The van der Waals surface area contributed by atoms with Crippen LogP contribution < -0.4 is 24.8 Å². The number of carbonyl (C=O) groups is 2. The van der Waals surface area contributed by atoms with Gasteiger partial charge in [-0.2, -0.15) is 0 Å². The van der Waals surface area contributed by atoms with Gasteiger partial charge >= 0.3 is 6.36 Å². The van der Waals surface area contributed by atoms with E-state index < -0.39 is 23.9 Å². The van der Waals surface area contributed by atoms with Crippen molar-refractivity contribution in [1.29, 1.82) is 0 Å². The zero-order valence-corrected chi connectivity index (χ0v) is 18.2. The summed E-state index contributed by atoms with van der Waals surface area (Å²) in [5, 5.41) is 7.11.